The summed E-state index contributed by atoms with van der Waals surface area (Å²) in [6, 6.07) is 0.594. The highest BCUT2D eigenvalue weighted by Crippen LogP contribution is 2.17. The number of aliphatic hydroxyl groups is 2. The Morgan fingerprint density at radius 2 is 1.70 bits per heavy atom. The number of benzene rings is 1. The summed E-state index contributed by atoms with van der Waals surface area (Å²) < 4.78 is 38.7. The lowest BCUT2D eigenvalue weighted by Gasteiger charge is -2.21. The van der Waals surface area contributed by atoms with Gasteiger partial charge in [-0.1, -0.05) is 0 Å². The minimum absolute atomic E-state index is 0.00199. The van der Waals surface area contributed by atoms with E-state index < -0.39 is 23.5 Å². The van der Waals surface area contributed by atoms with E-state index in [4.69, 9.17) is 10.2 Å². The van der Waals surface area contributed by atoms with Gasteiger partial charge in [-0.3, -0.25) is 0 Å². The van der Waals surface area contributed by atoms with E-state index in [9.17, 15) is 18.0 Å². The van der Waals surface area contributed by atoms with E-state index in [-0.39, 0.29) is 32.0 Å². The van der Waals surface area contributed by atoms with Crippen LogP contribution in [0.5, 0.6) is 0 Å². The van der Waals surface area contributed by atoms with Crippen LogP contribution >= 0.6 is 0 Å². The van der Waals surface area contributed by atoms with Gasteiger partial charge in [0.25, 0.3) is 0 Å². The number of halogens is 3. The molecular formula is C12H15F3N2O3. The first-order valence-electron chi connectivity index (χ1n) is 5.91. The molecule has 20 heavy (non-hydrogen) atoms. The van der Waals surface area contributed by atoms with Crippen LogP contribution in [0, 0.1) is 17.5 Å². The van der Waals surface area contributed by atoms with Crippen molar-refractivity contribution < 1.29 is 28.2 Å². The summed E-state index contributed by atoms with van der Waals surface area (Å²) in [7, 11) is 0. The zero-order valence-electron chi connectivity index (χ0n) is 10.6. The molecule has 0 atom stereocenters. The number of anilines is 1. The molecule has 0 spiro atoms. The molecule has 0 aliphatic carbocycles. The third-order valence-electron chi connectivity index (χ3n) is 2.48. The number of urea groups is 1. The van der Waals surface area contributed by atoms with Crippen molar-refractivity contribution in [2.75, 3.05) is 31.6 Å². The minimum atomic E-state index is -1.62. The Labute approximate surface area is 113 Å². The van der Waals surface area contributed by atoms with Crippen LogP contribution in [0.15, 0.2) is 12.1 Å². The van der Waals surface area contributed by atoms with Crippen molar-refractivity contribution in [1.29, 1.82) is 0 Å². The lowest BCUT2D eigenvalue weighted by Crippen LogP contribution is -2.38. The van der Waals surface area contributed by atoms with Crippen molar-refractivity contribution in [3.8, 4) is 0 Å². The van der Waals surface area contributed by atoms with Crippen LogP contribution in [0.3, 0.4) is 0 Å². The van der Waals surface area contributed by atoms with Gasteiger partial charge in [0.15, 0.2) is 17.5 Å². The molecule has 1 aromatic carbocycles. The smallest absolute Gasteiger partial charge is 0.321 e. The number of nitrogens with zero attached hydrogens (tertiary/aromatic N) is 1. The van der Waals surface area contributed by atoms with Crippen LogP contribution in [-0.4, -0.2) is 47.4 Å². The second-order valence-corrected chi connectivity index (χ2v) is 3.97. The summed E-state index contributed by atoms with van der Waals surface area (Å²) in [4.78, 5) is 13.0. The molecule has 0 unspecified atom stereocenters. The summed E-state index contributed by atoms with van der Waals surface area (Å²) in [5.41, 5.74) is -0.238. The van der Waals surface area contributed by atoms with Gasteiger partial charge in [-0.05, 0) is 6.42 Å². The van der Waals surface area contributed by atoms with Gasteiger partial charge < -0.3 is 20.4 Å². The van der Waals surface area contributed by atoms with E-state index in [2.05, 4.69) is 5.32 Å². The Bertz CT molecular complexity index is 448. The predicted molar refractivity (Wildman–Crippen MR) is 65.7 cm³/mol. The Balaban J connectivity index is 2.76. The van der Waals surface area contributed by atoms with Crippen LogP contribution in [0.1, 0.15) is 6.42 Å². The molecule has 1 rings (SSSR count). The minimum Gasteiger partial charge on any atom is -0.396 e. The number of hydrogen-bond donors (Lipinski definition) is 3. The van der Waals surface area contributed by atoms with E-state index in [0.717, 1.165) is 4.90 Å². The average molecular weight is 292 g/mol. The molecule has 0 aromatic heterocycles. The fourth-order valence-electron chi connectivity index (χ4n) is 1.53. The first-order chi connectivity index (χ1) is 9.49. The molecule has 5 nitrogen and oxygen atoms in total. The second-order valence-electron chi connectivity index (χ2n) is 3.97. The van der Waals surface area contributed by atoms with Gasteiger partial charge in [-0.15, -0.1) is 0 Å². The molecular weight excluding hydrogens is 277 g/mol. The van der Waals surface area contributed by atoms with Gasteiger partial charge in [-0.25, -0.2) is 18.0 Å². The topological polar surface area (TPSA) is 72.8 Å². The summed E-state index contributed by atoms with van der Waals surface area (Å²) in [5.74, 6) is -4.44. The number of carbonyl (C=O) groups excluding carboxylic acids is 1. The summed E-state index contributed by atoms with van der Waals surface area (Å²) in [5, 5.41) is 19.7. The Kier molecular flexibility index (Phi) is 6.26. The summed E-state index contributed by atoms with van der Waals surface area (Å²) in [6.45, 7) is -0.285. The number of hydrogen-bond acceptors (Lipinski definition) is 3. The van der Waals surface area contributed by atoms with Crippen LogP contribution in [0.2, 0.25) is 0 Å². The van der Waals surface area contributed by atoms with Gasteiger partial charge >= 0.3 is 6.03 Å². The van der Waals surface area contributed by atoms with E-state index in [1.54, 1.807) is 0 Å². The SMILES string of the molecule is O=C(Nc1cc(F)c(F)c(F)c1)N(CCO)CCCO. The number of rotatable bonds is 6. The molecule has 8 heteroatoms. The molecule has 112 valence electrons. The Hall–Kier alpha value is -1.80. The lowest BCUT2D eigenvalue weighted by atomic mass is 10.3. The monoisotopic (exact) mass is 292 g/mol. The molecule has 2 amide bonds. The fraction of sp³-hybridized carbons (Fsp3) is 0.417. The standard InChI is InChI=1S/C12H15F3N2O3/c13-9-6-8(7-10(14)11(9)15)16-12(20)17(3-5-19)2-1-4-18/h6-7,18-19H,1-5H2,(H,16,20). The number of amides is 2. The van der Waals surface area contributed by atoms with Gasteiger partial charge in [0, 0.05) is 37.5 Å². The van der Waals surface area contributed by atoms with Crippen molar-refractivity contribution in [3.05, 3.63) is 29.6 Å². The zero-order chi connectivity index (χ0) is 15.1. The molecule has 0 heterocycles. The lowest BCUT2D eigenvalue weighted by molar-refractivity contribution is 0.180. The molecule has 0 bridgehead atoms. The van der Waals surface area contributed by atoms with Crippen molar-refractivity contribution in [1.82, 2.24) is 4.90 Å². The van der Waals surface area contributed by atoms with Gasteiger partial charge in [0.2, 0.25) is 0 Å². The maximum Gasteiger partial charge on any atom is 0.321 e. The van der Waals surface area contributed by atoms with E-state index in [1.165, 1.54) is 0 Å². The maximum absolute atomic E-state index is 13.0. The molecule has 1 aromatic rings. The molecule has 0 saturated heterocycles. The maximum atomic E-state index is 13.0. The highest BCUT2D eigenvalue weighted by atomic mass is 19.2. The number of carbonyl (C=O) groups is 1. The van der Waals surface area contributed by atoms with Gasteiger partial charge in [0.05, 0.1) is 6.61 Å². The first-order valence-corrected chi connectivity index (χ1v) is 5.91. The highest BCUT2D eigenvalue weighted by molar-refractivity contribution is 5.89. The van der Waals surface area contributed by atoms with Crippen molar-refractivity contribution >= 4 is 11.7 Å². The first kappa shape index (κ1) is 16.3. The van der Waals surface area contributed by atoms with Crippen LogP contribution < -0.4 is 5.32 Å². The predicted octanol–water partition coefficient (Wildman–Crippen LogP) is 1.31. The van der Waals surface area contributed by atoms with Crippen LogP contribution in [-0.2, 0) is 0 Å². The van der Waals surface area contributed by atoms with Gasteiger partial charge in [-0.2, -0.15) is 0 Å². The molecule has 0 saturated carbocycles. The number of nitrogens with one attached hydrogen (secondary N) is 1. The summed E-state index contributed by atoms with van der Waals surface area (Å²) in [6.07, 6.45) is 0.291. The molecule has 0 fully saturated rings. The van der Waals surface area contributed by atoms with E-state index in [1.807, 2.05) is 0 Å². The Morgan fingerprint density at radius 1 is 1.10 bits per heavy atom. The van der Waals surface area contributed by atoms with Crippen LogP contribution in [0.4, 0.5) is 23.7 Å². The summed E-state index contributed by atoms with van der Waals surface area (Å²) >= 11 is 0. The highest BCUT2D eigenvalue weighted by Gasteiger charge is 2.16. The van der Waals surface area contributed by atoms with Gasteiger partial charge in [0.1, 0.15) is 0 Å². The van der Waals surface area contributed by atoms with Crippen molar-refractivity contribution in [2.24, 2.45) is 0 Å². The van der Waals surface area contributed by atoms with Crippen molar-refractivity contribution in [2.45, 2.75) is 6.42 Å². The van der Waals surface area contributed by atoms with E-state index in [0.29, 0.717) is 18.6 Å². The third kappa shape index (κ3) is 4.39. The molecule has 0 radical (unpaired) electrons. The molecule has 3 N–H and O–H groups in total. The number of aliphatic hydroxyl groups excluding tert-OH is 2. The van der Waals surface area contributed by atoms with Crippen molar-refractivity contribution in [3.63, 3.8) is 0 Å². The van der Waals surface area contributed by atoms with E-state index >= 15 is 0 Å². The molecule has 0 aliphatic heterocycles. The average Bonchev–Trinajstić information content (AvgIpc) is 2.40. The normalized spacial score (nSPS) is 10.4. The largest absolute Gasteiger partial charge is 0.396 e. The quantitative estimate of drug-likeness (QED) is 0.692. The van der Waals surface area contributed by atoms with Crippen LogP contribution in [0.25, 0.3) is 0 Å². The molecule has 0 aliphatic rings. The second kappa shape index (κ2) is 7.71. The third-order valence-corrected chi connectivity index (χ3v) is 2.48. The zero-order valence-corrected chi connectivity index (χ0v) is 10.6. The fourth-order valence-corrected chi connectivity index (χ4v) is 1.53. The Morgan fingerprint density at radius 3 is 2.20 bits per heavy atom.